The zero-order chi connectivity index (χ0) is 11.8. The van der Waals surface area contributed by atoms with Gasteiger partial charge in [0.05, 0.1) is 6.61 Å². The lowest BCUT2D eigenvalue weighted by Gasteiger charge is -2.08. The summed E-state index contributed by atoms with van der Waals surface area (Å²) in [5, 5.41) is 17.3. The zero-order valence-corrected chi connectivity index (χ0v) is 8.88. The van der Waals surface area contributed by atoms with Crippen LogP contribution in [0.4, 0.5) is 4.39 Å². The molecule has 0 amide bonds. The summed E-state index contributed by atoms with van der Waals surface area (Å²) < 4.78 is 17.0. The van der Waals surface area contributed by atoms with Crippen LogP contribution in [0.2, 0.25) is 0 Å². The van der Waals surface area contributed by atoms with Gasteiger partial charge >= 0.3 is 0 Å². The molecule has 1 unspecified atom stereocenters. The summed E-state index contributed by atoms with van der Waals surface area (Å²) in [6.45, 7) is 6.77. The van der Waals surface area contributed by atoms with Crippen molar-refractivity contribution < 1.29 is 9.13 Å². The van der Waals surface area contributed by atoms with E-state index >= 15 is 0 Å². The largest absolute Gasteiger partial charge is 0.348 e. The molecular formula is C11H13FN2O. The number of hydrogen-bond acceptors (Lipinski definition) is 3. The van der Waals surface area contributed by atoms with Gasteiger partial charge in [-0.1, -0.05) is 12.2 Å². The van der Waals surface area contributed by atoms with Gasteiger partial charge < -0.3 is 4.74 Å². The summed E-state index contributed by atoms with van der Waals surface area (Å²) in [7, 11) is 0. The van der Waals surface area contributed by atoms with Crippen LogP contribution in [0.5, 0.6) is 0 Å². The third-order valence-corrected chi connectivity index (χ3v) is 1.74. The topological polar surface area (TPSA) is 56.8 Å². The Kier molecular flexibility index (Phi) is 6.01. The van der Waals surface area contributed by atoms with Crippen LogP contribution in [-0.2, 0) is 4.74 Å². The van der Waals surface area contributed by atoms with Crippen LogP contribution in [0.25, 0.3) is 0 Å². The molecule has 0 fully saturated rings. The lowest BCUT2D eigenvalue weighted by molar-refractivity contribution is -0.0226. The van der Waals surface area contributed by atoms with Gasteiger partial charge in [0.2, 0.25) is 0 Å². The highest BCUT2D eigenvalue weighted by atomic mass is 19.1. The maximum atomic E-state index is 12.3. The molecule has 0 saturated heterocycles. The maximum Gasteiger partial charge on any atom is 0.195 e. The second-order valence-corrected chi connectivity index (χ2v) is 3.02. The lowest BCUT2D eigenvalue weighted by Crippen LogP contribution is -2.04. The number of rotatable bonds is 5. The summed E-state index contributed by atoms with van der Waals surface area (Å²) in [5.41, 5.74) is 1.17. The molecule has 4 heteroatoms. The van der Waals surface area contributed by atoms with E-state index < -0.39 is 6.36 Å². The first-order chi connectivity index (χ1) is 7.02. The highest BCUT2D eigenvalue weighted by Gasteiger charge is 2.08. The van der Waals surface area contributed by atoms with E-state index in [1.807, 2.05) is 0 Å². The monoisotopic (exact) mass is 208 g/mol. The number of hydrogen-bond donors (Lipinski definition) is 0. The molecule has 3 nitrogen and oxygen atoms in total. The molecule has 0 aromatic carbocycles. The van der Waals surface area contributed by atoms with Crippen molar-refractivity contribution in [2.24, 2.45) is 0 Å². The van der Waals surface area contributed by atoms with E-state index in [0.29, 0.717) is 17.6 Å². The molecule has 0 rings (SSSR count). The van der Waals surface area contributed by atoms with Crippen LogP contribution in [-0.4, -0.2) is 13.0 Å². The van der Waals surface area contributed by atoms with Crippen molar-refractivity contribution in [3.8, 4) is 12.1 Å². The van der Waals surface area contributed by atoms with Crippen LogP contribution < -0.4 is 0 Å². The third-order valence-electron chi connectivity index (χ3n) is 1.74. The molecule has 80 valence electrons. The highest BCUT2D eigenvalue weighted by Crippen LogP contribution is 2.16. The smallest absolute Gasteiger partial charge is 0.195 e. The molecule has 0 radical (unpaired) electrons. The Morgan fingerprint density at radius 2 is 2.00 bits per heavy atom. The van der Waals surface area contributed by atoms with E-state index in [4.69, 9.17) is 15.3 Å². The molecular weight excluding hydrogens is 195 g/mol. The van der Waals surface area contributed by atoms with Gasteiger partial charge in [0.1, 0.15) is 17.7 Å². The molecule has 0 aliphatic carbocycles. The predicted octanol–water partition coefficient (Wildman–Crippen LogP) is 2.63. The first-order valence-electron chi connectivity index (χ1n) is 4.47. The van der Waals surface area contributed by atoms with Gasteiger partial charge in [-0.15, -0.1) is 0 Å². The Bertz CT molecular complexity index is 329. The summed E-state index contributed by atoms with van der Waals surface area (Å²) in [6.07, 6.45) is -1.02. The maximum absolute atomic E-state index is 12.3. The van der Waals surface area contributed by atoms with Crippen LogP contribution in [0.15, 0.2) is 23.3 Å². The SMILES string of the molecule is C=C(C)C(CCOC(C)F)=C(C#N)C#N. The number of ether oxygens (including phenoxy) is 1. The number of halogens is 1. The quantitative estimate of drug-likeness (QED) is 0.515. The van der Waals surface area contributed by atoms with E-state index in [2.05, 4.69) is 6.58 Å². The molecule has 0 heterocycles. The Hall–Kier alpha value is -1.65. The van der Waals surface area contributed by atoms with Crippen molar-refractivity contribution in [1.29, 1.82) is 10.5 Å². The fourth-order valence-corrected chi connectivity index (χ4v) is 1.04. The second-order valence-electron chi connectivity index (χ2n) is 3.02. The molecule has 0 spiro atoms. The number of nitriles is 2. The van der Waals surface area contributed by atoms with E-state index in [1.165, 1.54) is 6.92 Å². The van der Waals surface area contributed by atoms with Gasteiger partial charge in [-0.25, -0.2) is 4.39 Å². The first-order valence-corrected chi connectivity index (χ1v) is 4.47. The summed E-state index contributed by atoms with van der Waals surface area (Å²) >= 11 is 0. The zero-order valence-electron chi connectivity index (χ0n) is 8.88. The summed E-state index contributed by atoms with van der Waals surface area (Å²) in [5.74, 6) is 0. The molecule has 0 aliphatic heterocycles. The first kappa shape index (κ1) is 13.4. The average molecular weight is 208 g/mol. The Balaban J connectivity index is 4.59. The van der Waals surface area contributed by atoms with Gasteiger partial charge in [0, 0.05) is 0 Å². The Morgan fingerprint density at radius 1 is 1.47 bits per heavy atom. The molecule has 0 aromatic heterocycles. The van der Waals surface area contributed by atoms with E-state index in [9.17, 15) is 4.39 Å². The van der Waals surface area contributed by atoms with Gasteiger partial charge in [-0.3, -0.25) is 0 Å². The highest BCUT2D eigenvalue weighted by molar-refractivity contribution is 5.47. The van der Waals surface area contributed by atoms with Crippen molar-refractivity contribution in [3.05, 3.63) is 23.3 Å². The van der Waals surface area contributed by atoms with Crippen molar-refractivity contribution >= 4 is 0 Å². The number of allylic oxidation sites excluding steroid dienone is 2. The van der Waals surface area contributed by atoms with Crippen LogP contribution >= 0.6 is 0 Å². The van der Waals surface area contributed by atoms with Gasteiger partial charge in [0.25, 0.3) is 0 Å². The van der Waals surface area contributed by atoms with Gasteiger partial charge in [-0.2, -0.15) is 10.5 Å². The third kappa shape index (κ3) is 4.95. The lowest BCUT2D eigenvalue weighted by atomic mass is 10.0. The predicted molar refractivity (Wildman–Crippen MR) is 54.2 cm³/mol. The fourth-order valence-electron chi connectivity index (χ4n) is 1.04. The minimum Gasteiger partial charge on any atom is -0.348 e. The minimum atomic E-state index is -1.34. The van der Waals surface area contributed by atoms with Crippen molar-refractivity contribution in [1.82, 2.24) is 0 Å². The number of alkyl halides is 1. The summed E-state index contributed by atoms with van der Waals surface area (Å²) in [4.78, 5) is 0. The van der Waals surface area contributed by atoms with E-state index in [1.54, 1.807) is 19.1 Å². The molecule has 0 aromatic rings. The molecule has 0 N–H and O–H groups in total. The molecule has 0 bridgehead atoms. The van der Waals surface area contributed by atoms with Gasteiger partial charge in [-0.05, 0) is 25.8 Å². The van der Waals surface area contributed by atoms with Crippen LogP contribution in [0.3, 0.4) is 0 Å². The second kappa shape index (κ2) is 6.75. The van der Waals surface area contributed by atoms with Crippen molar-refractivity contribution in [3.63, 3.8) is 0 Å². The molecule has 0 aliphatic rings. The van der Waals surface area contributed by atoms with E-state index in [-0.39, 0.29) is 12.2 Å². The minimum absolute atomic E-state index is 0.0117. The van der Waals surface area contributed by atoms with Crippen molar-refractivity contribution in [2.75, 3.05) is 6.61 Å². The Labute approximate surface area is 89.1 Å². The number of nitrogens with zero attached hydrogens (tertiary/aromatic N) is 2. The molecule has 0 saturated carbocycles. The van der Waals surface area contributed by atoms with Crippen LogP contribution in [0, 0.1) is 22.7 Å². The fraction of sp³-hybridized carbons (Fsp3) is 0.455. The standard InChI is InChI=1S/C11H13FN2O/c1-8(2)11(10(6-13)7-14)4-5-15-9(3)12/h9H,1,4-5H2,2-3H3. The van der Waals surface area contributed by atoms with Crippen LogP contribution in [0.1, 0.15) is 20.3 Å². The Morgan fingerprint density at radius 3 is 2.33 bits per heavy atom. The van der Waals surface area contributed by atoms with E-state index in [0.717, 1.165) is 0 Å². The molecule has 1 atom stereocenters. The molecule has 15 heavy (non-hydrogen) atoms. The van der Waals surface area contributed by atoms with Gasteiger partial charge in [0.15, 0.2) is 6.36 Å². The van der Waals surface area contributed by atoms with Crippen molar-refractivity contribution in [2.45, 2.75) is 26.6 Å². The normalized spacial score (nSPS) is 11.0. The summed E-state index contributed by atoms with van der Waals surface area (Å²) in [6, 6.07) is 3.56. The average Bonchev–Trinajstić information content (AvgIpc) is 2.16.